The molecular weight excluding hydrogens is 698 g/mol. The van der Waals surface area contributed by atoms with Crippen molar-refractivity contribution in [3.05, 3.63) is 95.8 Å². The summed E-state index contributed by atoms with van der Waals surface area (Å²) in [5, 5.41) is 12.0. The van der Waals surface area contributed by atoms with Crippen molar-refractivity contribution in [2.24, 2.45) is 5.92 Å². The second kappa shape index (κ2) is 11.1. The molecule has 4 aromatic rings. The normalized spacial score (nSPS) is 19.6. The van der Waals surface area contributed by atoms with Crippen molar-refractivity contribution in [2.45, 2.75) is 16.2 Å². The van der Waals surface area contributed by atoms with E-state index in [0.717, 1.165) is 15.8 Å². The van der Waals surface area contributed by atoms with Gasteiger partial charge in [0.25, 0.3) is 5.91 Å². The van der Waals surface area contributed by atoms with Crippen LogP contribution in [0.4, 0.5) is 11.4 Å². The Hall–Kier alpha value is -3.39. The lowest BCUT2D eigenvalue weighted by molar-refractivity contribution is -0.122. The van der Waals surface area contributed by atoms with Crippen LogP contribution in [0, 0.1) is 5.92 Å². The highest BCUT2D eigenvalue weighted by molar-refractivity contribution is 9.10. The zero-order chi connectivity index (χ0) is 28.8. The maximum absolute atomic E-state index is 14.0. The molecule has 41 heavy (non-hydrogen) atoms. The number of rotatable bonds is 6. The van der Waals surface area contributed by atoms with Gasteiger partial charge in [-0.3, -0.25) is 19.2 Å². The minimum atomic E-state index is -0.808. The molecule has 0 radical (unpaired) electrons. The Morgan fingerprint density at radius 1 is 0.976 bits per heavy atom. The number of aromatic amines is 1. The van der Waals surface area contributed by atoms with Gasteiger partial charge in [0.1, 0.15) is 16.7 Å². The SMILES string of the molecule is O=C(COc1ccc(Br)cc1[C@H]1c2sc(=O)[nH]c2SC2C(=O)N(c3ccc(Br)cc3)C(=O)C21)Nc1ccc(O)cc1. The predicted octanol–water partition coefficient (Wildman–Crippen LogP) is 5.48. The van der Waals surface area contributed by atoms with Crippen molar-refractivity contribution in [2.75, 3.05) is 16.8 Å². The van der Waals surface area contributed by atoms with Gasteiger partial charge in [0.05, 0.1) is 16.6 Å². The van der Waals surface area contributed by atoms with Gasteiger partial charge in [0, 0.05) is 31.0 Å². The second-order valence-electron chi connectivity index (χ2n) is 9.30. The number of halogens is 2. The van der Waals surface area contributed by atoms with Gasteiger partial charge in [-0.25, -0.2) is 4.90 Å². The van der Waals surface area contributed by atoms with E-state index in [2.05, 4.69) is 42.2 Å². The summed E-state index contributed by atoms with van der Waals surface area (Å²) in [4.78, 5) is 57.1. The van der Waals surface area contributed by atoms with Crippen molar-refractivity contribution < 1.29 is 24.2 Å². The van der Waals surface area contributed by atoms with Crippen LogP contribution in [-0.2, 0) is 14.4 Å². The minimum Gasteiger partial charge on any atom is -0.508 e. The average Bonchev–Trinajstić information content (AvgIpc) is 3.44. The molecule has 3 atom stereocenters. The topological polar surface area (TPSA) is 129 Å². The number of fused-ring (bicyclic) bond motifs is 2. The first-order chi connectivity index (χ1) is 19.7. The first kappa shape index (κ1) is 27.8. The van der Waals surface area contributed by atoms with E-state index >= 15 is 0 Å². The molecule has 3 N–H and O–H groups in total. The maximum atomic E-state index is 14.0. The van der Waals surface area contributed by atoms with E-state index in [-0.39, 0.29) is 29.0 Å². The standard InChI is InChI=1S/C28H19Br2N3O6S2/c29-13-1-6-16(7-2-13)33-26(36)22-21(23-25(32-28(38)41-23)40-24(22)27(33)37)18-11-14(30)3-10-19(18)39-12-20(35)31-15-4-8-17(34)9-5-15/h1-11,21-22,24,34H,12H2,(H,31,35)(H,32,38)/t21-,22?,24?/m1/s1. The highest BCUT2D eigenvalue weighted by Crippen LogP contribution is 2.54. The number of imide groups is 1. The summed E-state index contributed by atoms with van der Waals surface area (Å²) in [5.74, 6) is -2.22. The number of H-pyrrole nitrogens is 1. The van der Waals surface area contributed by atoms with Crippen LogP contribution in [0.5, 0.6) is 11.5 Å². The molecule has 6 rings (SSSR count). The molecule has 2 aliphatic rings. The Bertz CT molecular complexity index is 1740. The first-order valence-electron chi connectivity index (χ1n) is 12.2. The lowest BCUT2D eigenvalue weighted by Crippen LogP contribution is -2.32. The number of ether oxygens (including phenoxy) is 1. The number of phenols is 1. The number of carbonyl (C=O) groups is 3. The Labute approximate surface area is 258 Å². The minimum absolute atomic E-state index is 0.0766. The number of hydrogen-bond acceptors (Lipinski definition) is 8. The zero-order valence-corrected chi connectivity index (χ0v) is 25.6. The van der Waals surface area contributed by atoms with Gasteiger partial charge in [-0.2, -0.15) is 0 Å². The maximum Gasteiger partial charge on any atom is 0.305 e. The van der Waals surface area contributed by atoms with Crippen LogP contribution in [0.25, 0.3) is 0 Å². The monoisotopic (exact) mass is 715 g/mol. The fourth-order valence-electron chi connectivity index (χ4n) is 4.98. The summed E-state index contributed by atoms with van der Waals surface area (Å²) in [6.45, 7) is -0.334. The van der Waals surface area contributed by atoms with Crippen molar-refractivity contribution in [1.29, 1.82) is 0 Å². The number of anilines is 2. The smallest absolute Gasteiger partial charge is 0.305 e. The summed E-state index contributed by atoms with van der Waals surface area (Å²) < 4.78 is 7.49. The van der Waals surface area contributed by atoms with E-state index in [1.807, 2.05) is 0 Å². The third kappa shape index (κ3) is 5.34. The molecule has 3 heterocycles. The predicted molar refractivity (Wildman–Crippen MR) is 163 cm³/mol. The average molecular weight is 717 g/mol. The Balaban J connectivity index is 1.36. The van der Waals surface area contributed by atoms with Gasteiger partial charge in [0.15, 0.2) is 6.61 Å². The number of aromatic nitrogens is 1. The number of aromatic hydroxyl groups is 1. The molecular formula is C28H19Br2N3O6S2. The number of nitrogens with zero attached hydrogens (tertiary/aromatic N) is 1. The van der Waals surface area contributed by atoms with Crippen LogP contribution in [0.15, 0.2) is 85.5 Å². The largest absolute Gasteiger partial charge is 0.508 e. The van der Waals surface area contributed by atoms with E-state index in [1.165, 1.54) is 28.8 Å². The highest BCUT2D eigenvalue weighted by atomic mass is 79.9. The molecule has 0 aliphatic carbocycles. The van der Waals surface area contributed by atoms with Gasteiger partial charge in [0.2, 0.25) is 11.8 Å². The van der Waals surface area contributed by atoms with Gasteiger partial charge in [-0.15, -0.1) is 0 Å². The van der Waals surface area contributed by atoms with E-state index in [0.29, 0.717) is 37.1 Å². The summed E-state index contributed by atoms with van der Waals surface area (Å²) >= 11 is 9.07. The van der Waals surface area contributed by atoms with Crippen LogP contribution < -0.4 is 19.8 Å². The molecule has 3 amide bonds. The van der Waals surface area contributed by atoms with Crippen molar-refractivity contribution in [3.8, 4) is 11.5 Å². The fraction of sp³-hybridized carbons (Fsp3) is 0.143. The van der Waals surface area contributed by atoms with Gasteiger partial charge >= 0.3 is 4.87 Å². The van der Waals surface area contributed by atoms with E-state index < -0.39 is 23.0 Å². The summed E-state index contributed by atoms with van der Waals surface area (Å²) in [5.41, 5.74) is 1.53. The molecule has 1 aromatic heterocycles. The molecule has 1 fully saturated rings. The molecule has 0 spiro atoms. The molecule has 2 aliphatic heterocycles. The fourth-order valence-corrected chi connectivity index (χ4v) is 8.12. The van der Waals surface area contributed by atoms with Crippen LogP contribution in [0.2, 0.25) is 0 Å². The van der Waals surface area contributed by atoms with Gasteiger partial charge in [-0.1, -0.05) is 55.0 Å². The Kier molecular flexibility index (Phi) is 7.53. The number of thiazole rings is 1. The van der Waals surface area contributed by atoms with E-state index in [1.54, 1.807) is 54.6 Å². The highest BCUT2D eigenvalue weighted by Gasteiger charge is 2.56. The van der Waals surface area contributed by atoms with Crippen LogP contribution in [-0.4, -0.2) is 39.7 Å². The number of thioether (sulfide) groups is 1. The number of phenolic OH excluding ortho intramolecular Hbond substituents is 1. The quantitative estimate of drug-likeness (QED) is 0.178. The molecule has 1 saturated heterocycles. The Morgan fingerprint density at radius 2 is 1.68 bits per heavy atom. The number of amides is 3. The number of carbonyl (C=O) groups excluding carboxylic acids is 3. The van der Waals surface area contributed by atoms with E-state index in [9.17, 15) is 24.3 Å². The molecule has 0 bridgehead atoms. The molecule has 0 saturated carbocycles. The summed E-state index contributed by atoms with van der Waals surface area (Å²) in [6, 6.07) is 18.2. The van der Waals surface area contributed by atoms with Crippen LogP contribution in [0.3, 0.4) is 0 Å². The van der Waals surface area contributed by atoms with Crippen molar-refractivity contribution in [1.82, 2.24) is 4.98 Å². The lowest BCUT2D eigenvalue weighted by atomic mass is 9.82. The Morgan fingerprint density at radius 3 is 2.41 bits per heavy atom. The molecule has 2 unspecified atom stereocenters. The second-order valence-corrected chi connectivity index (χ2v) is 13.3. The number of nitrogens with one attached hydrogen (secondary N) is 2. The van der Waals surface area contributed by atoms with E-state index in [4.69, 9.17) is 4.74 Å². The lowest BCUT2D eigenvalue weighted by Gasteiger charge is -2.31. The molecule has 13 heteroatoms. The summed E-state index contributed by atoms with van der Waals surface area (Å²) in [7, 11) is 0. The molecule has 3 aromatic carbocycles. The number of hydrogen-bond donors (Lipinski definition) is 3. The zero-order valence-electron chi connectivity index (χ0n) is 20.8. The number of benzene rings is 3. The third-order valence-corrected chi connectivity index (χ3v) is 10.1. The first-order valence-corrected chi connectivity index (χ1v) is 15.5. The van der Waals surface area contributed by atoms with Crippen LogP contribution in [0.1, 0.15) is 16.4 Å². The summed E-state index contributed by atoms with van der Waals surface area (Å²) in [6.07, 6.45) is 0. The van der Waals surface area contributed by atoms with Crippen molar-refractivity contribution in [3.63, 3.8) is 0 Å². The molecule has 208 valence electrons. The van der Waals surface area contributed by atoms with Crippen molar-refractivity contribution >= 4 is 84.1 Å². The van der Waals surface area contributed by atoms with Gasteiger partial charge < -0.3 is 20.1 Å². The molecule has 9 nitrogen and oxygen atoms in total. The third-order valence-electron chi connectivity index (χ3n) is 6.73. The van der Waals surface area contributed by atoms with Crippen LogP contribution >= 0.6 is 55.0 Å². The van der Waals surface area contributed by atoms with Gasteiger partial charge in [-0.05, 0) is 66.7 Å².